The van der Waals surface area contributed by atoms with Gasteiger partial charge in [-0.15, -0.1) is 0 Å². The van der Waals surface area contributed by atoms with Crippen LogP contribution >= 0.6 is 0 Å². The Labute approximate surface area is 114 Å². The zero-order chi connectivity index (χ0) is 13.2. The molecule has 1 N–H and O–H groups in total. The fourth-order valence-electron chi connectivity index (χ4n) is 4.18. The molecular weight excluding hydrogens is 218 g/mol. The van der Waals surface area contributed by atoms with Gasteiger partial charge < -0.3 is 5.32 Å². The lowest BCUT2D eigenvalue weighted by atomic mass is 9.72. The van der Waals surface area contributed by atoms with Gasteiger partial charge in [0.25, 0.3) is 0 Å². The van der Waals surface area contributed by atoms with Crippen molar-refractivity contribution >= 4 is 0 Å². The largest absolute Gasteiger partial charge is 0.313 e. The molecule has 0 aliphatic heterocycles. The molecule has 2 aliphatic carbocycles. The van der Waals surface area contributed by atoms with Crippen molar-refractivity contribution in [3.8, 4) is 0 Å². The summed E-state index contributed by atoms with van der Waals surface area (Å²) in [6.45, 7) is 10.8. The standard InChI is InChI=1S/C17H33N/c1-13(2)11-17(7-5-6-8-17)12-18-16-9-15(10-16)14(3)4/h13-16,18H,5-12H2,1-4H3. The molecule has 0 bridgehead atoms. The highest BCUT2D eigenvalue weighted by Gasteiger charge is 2.37. The van der Waals surface area contributed by atoms with Gasteiger partial charge in [-0.25, -0.2) is 0 Å². The topological polar surface area (TPSA) is 12.0 Å². The highest BCUT2D eigenvalue weighted by atomic mass is 14.9. The van der Waals surface area contributed by atoms with Crippen molar-refractivity contribution in [2.75, 3.05) is 6.54 Å². The first kappa shape index (κ1) is 14.4. The maximum absolute atomic E-state index is 3.89. The summed E-state index contributed by atoms with van der Waals surface area (Å²) in [5.74, 6) is 2.74. The molecule has 0 aromatic rings. The van der Waals surface area contributed by atoms with Crippen LogP contribution in [0.15, 0.2) is 0 Å². The smallest absolute Gasteiger partial charge is 0.00727 e. The van der Waals surface area contributed by atoms with Gasteiger partial charge in [0.05, 0.1) is 0 Å². The second-order valence-electron chi connectivity index (χ2n) is 7.86. The van der Waals surface area contributed by atoms with Crippen molar-refractivity contribution in [1.82, 2.24) is 5.32 Å². The lowest BCUT2D eigenvalue weighted by molar-refractivity contribution is 0.139. The van der Waals surface area contributed by atoms with Gasteiger partial charge in [-0.3, -0.25) is 0 Å². The molecule has 1 heteroatoms. The summed E-state index contributed by atoms with van der Waals surface area (Å²) in [7, 11) is 0. The summed E-state index contributed by atoms with van der Waals surface area (Å²) >= 11 is 0. The van der Waals surface area contributed by atoms with Crippen molar-refractivity contribution < 1.29 is 0 Å². The maximum atomic E-state index is 3.89. The van der Waals surface area contributed by atoms with E-state index in [2.05, 4.69) is 33.0 Å². The van der Waals surface area contributed by atoms with Crippen LogP contribution in [-0.2, 0) is 0 Å². The minimum absolute atomic E-state index is 0.650. The molecule has 0 unspecified atom stereocenters. The van der Waals surface area contributed by atoms with Gasteiger partial charge in [-0.2, -0.15) is 0 Å². The zero-order valence-corrected chi connectivity index (χ0v) is 13.0. The molecule has 2 rings (SSSR count). The number of nitrogens with one attached hydrogen (secondary N) is 1. The van der Waals surface area contributed by atoms with Gasteiger partial charge in [0.15, 0.2) is 0 Å². The summed E-state index contributed by atoms with van der Waals surface area (Å²) in [5, 5.41) is 3.89. The average Bonchev–Trinajstić information content (AvgIpc) is 2.62. The summed E-state index contributed by atoms with van der Waals surface area (Å²) in [4.78, 5) is 0. The Morgan fingerprint density at radius 2 is 1.67 bits per heavy atom. The molecule has 0 atom stereocenters. The van der Waals surface area contributed by atoms with Crippen molar-refractivity contribution in [2.45, 2.75) is 78.7 Å². The van der Waals surface area contributed by atoms with Gasteiger partial charge >= 0.3 is 0 Å². The Kier molecular flexibility index (Phi) is 4.75. The van der Waals surface area contributed by atoms with Gasteiger partial charge in [0, 0.05) is 12.6 Å². The van der Waals surface area contributed by atoms with Gasteiger partial charge in [-0.05, 0) is 55.3 Å². The van der Waals surface area contributed by atoms with Crippen molar-refractivity contribution in [3.63, 3.8) is 0 Å². The monoisotopic (exact) mass is 251 g/mol. The van der Waals surface area contributed by atoms with E-state index in [0.717, 1.165) is 23.8 Å². The maximum Gasteiger partial charge on any atom is 0.00727 e. The lowest BCUT2D eigenvalue weighted by Gasteiger charge is -2.41. The molecule has 0 spiro atoms. The fraction of sp³-hybridized carbons (Fsp3) is 1.00. The van der Waals surface area contributed by atoms with E-state index in [-0.39, 0.29) is 0 Å². The molecule has 2 fully saturated rings. The van der Waals surface area contributed by atoms with Crippen LogP contribution in [0, 0.1) is 23.2 Å². The third kappa shape index (κ3) is 3.50. The van der Waals surface area contributed by atoms with Gasteiger partial charge in [-0.1, -0.05) is 40.5 Å². The molecule has 106 valence electrons. The van der Waals surface area contributed by atoms with E-state index in [9.17, 15) is 0 Å². The van der Waals surface area contributed by atoms with Crippen LogP contribution < -0.4 is 5.32 Å². The SMILES string of the molecule is CC(C)CC1(CNC2CC(C(C)C)C2)CCCC1. The van der Waals surface area contributed by atoms with E-state index in [1.54, 1.807) is 0 Å². The van der Waals surface area contributed by atoms with E-state index in [1.165, 1.54) is 51.5 Å². The van der Waals surface area contributed by atoms with E-state index in [4.69, 9.17) is 0 Å². The zero-order valence-electron chi connectivity index (χ0n) is 13.0. The molecule has 0 aromatic carbocycles. The normalized spacial score (nSPS) is 31.0. The Balaban J connectivity index is 1.74. The average molecular weight is 251 g/mol. The first-order chi connectivity index (χ1) is 8.51. The van der Waals surface area contributed by atoms with Crippen LogP contribution in [0.3, 0.4) is 0 Å². The van der Waals surface area contributed by atoms with Crippen LogP contribution in [0.25, 0.3) is 0 Å². The highest BCUT2D eigenvalue weighted by Crippen LogP contribution is 2.43. The Bertz CT molecular complexity index is 244. The third-order valence-corrected chi connectivity index (χ3v) is 5.39. The third-order valence-electron chi connectivity index (χ3n) is 5.39. The second kappa shape index (κ2) is 5.94. The predicted molar refractivity (Wildman–Crippen MR) is 79.7 cm³/mol. The molecule has 0 radical (unpaired) electrons. The Morgan fingerprint density at radius 3 is 2.17 bits per heavy atom. The van der Waals surface area contributed by atoms with Gasteiger partial charge in [0.1, 0.15) is 0 Å². The van der Waals surface area contributed by atoms with Crippen molar-refractivity contribution in [3.05, 3.63) is 0 Å². The van der Waals surface area contributed by atoms with Crippen LogP contribution in [0.5, 0.6) is 0 Å². The molecule has 2 aliphatic rings. The second-order valence-corrected chi connectivity index (χ2v) is 7.86. The number of hydrogen-bond acceptors (Lipinski definition) is 1. The van der Waals surface area contributed by atoms with Crippen LogP contribution in [0.2, 0.25) is 0 Å². The van der Waals surface area contributed by atoms with E-state index in [1.807, 2.05) is 0 Å². The first-order valence-corrected chi connectivity index (χ1v) is 8.24. The number of hydrogen-bond donors (Lipinski definition) is 1. The van der Waals surface area contributed by atoms with E-state index < -0.39 is 0 Å². The van der Waals surface area contributed by atoms with E-state index in [0.29, 0.717) is 5.41 Å². The minimum atomic E-state index is 0.650. The summed E-state index contributed by atoms with van der Waals surface area (Å²) in [6.07, 6.45) is 10.2. The Hall–Kier alpha value is -0.0400. The first-order valence-electron chi connectivity index (χ1n) is 8.24. The summed E-state index contributed by atoms with van der Waals surface area (Å²) in [5.41, 5.74) is 0.650. The van der Waals surface area contributed by atoms with Crippen LogP contribution in [0.1, 0.15) is 72.6 Å². The highest BCUT2D eigenvalue weighted by molar-refractivity contribution is 4.92. The van der Waals surface area contributed by atoms with E-state index >= 15 is 0 Å². The van der Waals surface area contributed by atoms with Crippen LogP contribution in [0.4, 0.5) is 0 Å². The Morgan fingerprint density at radius 1 is 1.06 bits per heavy atom. The molecule has 1 nitrogen and oxygen atoms in total. The minimum Gasteiger partial charge on any atom is -0.313 e. The summed E-state index contributed by atoms with van der Waals surface area (Å²) in [6, 6.07) is 0.835. The molecule has 2 saturated carbocycles. The molecular formula is C17H33N. The lowest BCUT2D eigenvalue weighted by Crippen LogP contribution is -2.47. The molecule has 0 aromatic heterocycles. The summed E-state index contributed by atoms with van der Waals surface area (Å²) < 4.78 is 0. The quantitative estimate of drug-likeness (QED) is 0.726. The molecule has 18 heavy (non-hydrogen) atoms. The molecule has 0 saturated heterocycles. The van der Waals surface area contributed by atoms with Crippen molar-refractivity contribution in [2.24, 2.45) is 23.2 Å². The number of rotatable bonds is 6. The van der Waals surface area contributed by atoms with Crippen LogP contribution in [-0.4, -0.2) is 12.6 Å². The van der Waals surface area contributed by atoms with Crippen molar-refractivity contribution in [1.29, 1.82) is 0 Å². The predicted octanol–water partition coefficient (Wildman–Crippen LogP) is 4.62. The van der Waals surface area contributed by atoms with Gasteiger partial charge in [0.2, 0.25) is 0 Å². The molecule has 0 heterocycles. The molecule has 0 amide bonds. The fourth-order valence-corrected chi connectivity index (χ4v) is 4.18.